The van der Waals surface area contributed by atoms with Gasteiger partial charge in [0.2, 0.25) is 0 Å². The summed E-state index contributed by atoms with van der Waals surface area (Å²) in [5.41, 5.74) is 0.610. The molecule has 0 aromatic heterocycles. The molecule has 1 aliphatic rings. The van der Waals surface area contributed by atoms with Crippen LogP contribution < -0.4 is 4.74 Å². The van der Waals surface area contributed by atoms with Crippen LogP contribution >= 0.6 is 15.9 Å². The number of benzene rings is 1. The summed E-state index contributed by atoms with van der Waals surface area (Å²) in [4.78, 5) is 14.7. The molecule has 1 saturated carbocycles. The van der Waals surface area contributed by atoms with E-state index in [0.29, 0.717) is 30.6 Å². The molecule has 1 fully saturated rings. The van der Waals surface area contributed by atoms with Gasteiger partial charge in [-0.05, 0) is 31.0 Å². The topological polar surface area (TPSA) is 38.8 Å². The normalized spacial score (nSPS) is 15.6. The van der Waals surface area contributed by atoms with Crippen molar-refractivity contribution in [1.29, 1.82) is 0 Å². The van der Waals surface area contributed by atoms with E-state index in [0.717, 1.165) is 17.3 Å². The van der Waals surface area contributed by atoms with Gasteiger partial charge in [-0.3, -0.25) is 4.79 Å². The molecule has 0 heterocycles. The Morgan fingerprint density at radius 3 is 2.68 bits per heavy atom. The van der Waals surface area contributed by atoms with E-state index < -0.39 is 0 Å². The maximum atomic E-state index is 12.8. The predicted octanol–water partition coefficient (Wildman–Crippen LogP) is 3.88. The summed E-state index contributed by atoms with van der Waals surface area (Å²) in [5.74, 6) is 0.647. The van der Waals surface area contributed by atoms with Crippen LogP contribution in [0, 0.1) is 0 Å². The van der Waals surface area contributed by atoms with E-state index >= 15 is 0 Å². The molecule has 1 aliphatic carbocycles. The van der Waals surface area contributed by atoms with Crippen LogP contribution in [0.3, 0.4) is 0 Å². The Hall–Kier alpha value is -1.07. The van der Waals surface area contributed by atoms with Gasteiger partial charge in [0, 0.05) is 24.7 Å². The zero-order chi connectivity index (χ0) is 15.9. The third-order valence-electron chi connectivity index (χ3n) is 4.16. The SMILES string of the molecule is COCCOc1ccc(Br)cc1C(=O)N(C)C1CCCCC1. The molecule has 0 N–H and O–H groups in total. The molecule has 0 radical (unpaired) electrons. The summed E-state index contributed by atoms with van der Waals surface area (Å²) in [7, 11) is 3.53. The quantitative estimate of drug-likeness (QED) is 0.714. The lowest BCUT2D eigenvalue weighted by Crippen LogP contribution is -2.38. The monoisotopic (exact) mass is 369 g/mol. The molecule has 0 saturated heterocycles. The molecule has 0 bridgehead atoms. The van der Waals surface area contributed by atoms with Crippen LogP contribution in [-0.2, 0) is 4.74 Å². The molecule has 1 aromatic carbocycles. The summed E-state index contributed by atoms with van der Waals surface area (Å²) >= 11 is 3.44. The van der Waals surface area contributed by atoms with Gasteiger partial charge >= 0.3 is 0 Å². The van der Waals surface area contributed by atoms with Gasteiger partial charge in [-0.25, -0.2) is 0 Å². The van der Waals surface area contributed by atoms with Crippen LogP contribution in [-0.4, -0.2) is 44.2 Å². The van der Waals surface area contributed by atoms with E-state index in [1.807, 2.05) is 30.1 Å². The standard InChI is InChI=1S/C17H24BrNO3/c1-19(14-6-4-3-5-7-14)17(20)15-12-13(18)8-9-16(15)22-11-10-21-2/h8-9,12,14H,3-7,10-11H2,1-2H3. The second-order valence-corrected chi connectivity index (χ2v) is 6.61. The van der Waals surface area contributed by atoms with Gasteiger partial charge < -0.3 is 14.4 Å². The number of rotatable bonds is 6. The van der Waals surface area contributed by atoms with Crippen molar-refractivity contribution in [3.63, 3.8) is 0 Å². The van der Waals surface area contributed by atoms with E-state index in [1.54, 1.807) is 7.11 Å². The molecule has 122 valence electrons. The van der Waals surface area contributed by atoms with Gasteiger partial charge in [-0.1, -0.05) is 35.2 Å². The van der Waals surface area contributed by atoms with Gasteiger partial charge in [0.05, 0.1) is 12.2 Å². The van der Waals surface area contributed by atoms with Crippen LogP contribution in [0.15, 0.2) is 22.7 Å². The highest BCUT2D eigenvalue weighted by molar-refractivity contribution is 9.10. The van der Waals surface area contributed by atoms with Gasteiger partial charge in [0.1, 0.15) is 12.4 Å². The number of ether oxygens (including phenoxy) is 2. The summed E-state index contributed by atoms with van der Waals surface area (Å²) in [5, 5.41) is 0. The van der Waals surface area contributed by atoms with E-state index in [1.165, 1.54) is 19.3 Å². The summed E-state index contributed by atoms with van der Waals surface area (Å²) in [6.45, 7) is 0.938. The fourth-order valence-electron chi connectivity index (χ4n) is 2.85. The number of nitrogens with zero attached hydrogens (tertiary/aromatic N) is 1. The van der Waals surface area contributed by atoms with Crippen molar-refractivity contribution < 1.29 is 14.3 Å². The maximum absolute atomic E-state index is 12.8. The number of amides is 1. The number of hydrogen-bond donors (Lipinski definition) is 0. The molecule has 1 amide bonds. The molecule has 4 nitrogen and oxygen atoms in total. The lowest BCUT2D eigenvalue weighted by atomic mass is 9.94. The molecular formula is C17H24BrNO3. The first-order chi connectivity index (χ1) is 10.6. The first kappa shape index (κ1) is 17.3. The van der Waals surface area contributed by atoms with Crippen LogP contribution in [0.2, 0.25) is 0 Å². The van der Waals surface area contributed by atoms with E-state index in [2.05, 4.69) is 15.9 Å². The third kappa shape index (κ3) is 4.46. The van der Waals surface area contributed by atoms with Crippen molar-refractivity contribution in [2.75, 3.05) is 27.4 Å². The molecule has 5 heteroatoms. The number of hydrogen-bond acceptors (Lipinski definition) is 3. The van der Waals surface area contributed by atoms with Gasteiger partial charge in [0.15, 0.2) is 0 Å². The highest BCUT2D eigenvalue weighted by atomic mass is 79.9. The lowest BCUT2D eigenvalue weighted by molar-refractivity contribution is 0.0689. The van der Waals surface area contributed by atoms with Crippen molar-refractivity contribution in [3.05, 3.63) is 28.2 Å². The first-order valence-corrected chi connectivity index (χ1v) is 8.61. The molecule has 22 heavy (non-hydrogen) atoms. The van der Waals surface area contributed by atoms with E-state index in [-0.39, 0.29) is 5.91 Å². The average Bonchev–Trinajstić information content (AvgIpc) is 2.56. The number of methoxy groups -OCH3 is 1. The van der Waals surface area contributed by atoms with Crippen LogP contribution in [0.4, 0.5) is 0 Å². The Morgan fingerprint density at radius 1 is 1.27 bits per heavy atom. The lowest BCUT2D eigenvalue weighted by Gasteiger charge is -2.31. The number of halogens is 1. The second-order valence-electron chi connectivity index (χ2n) is 5.69. The fraction of sp³-hybridized carbons (Fsp3) is 0.588. The summed E-state index contributed by atoms with van der Waals surface area (Å²) in [6.07, 6.45) is 5.88. The average molecular weight is 370 g/mol. The van der Waals surface area contributed by atoms with E-state index in [4.69, 9.17) is 9.47 Å². The van der Waals surface area contributed by atoms with Crippen molar-refractivity contribution in [3.8, 4) is 5.75 Å². The number of carbonyl (C=O) groups excluding carboxylic acids is 1. The minimum atomic E-state index is 0.0283. The van der Waals surface area contributed by atoms with Gasteiger partial charge in [0.25, 0.3) is 5.91 Å². The smallest absolute Gasteiger partial charge is 0.257 e. The Kier molecular flexibility index (Phi) is 6.70. The Bertz CT molecular complexity index is 501. The van der Waals surface area contributed by atoms with Crippen LogP contribution in [0.25, 0.3) is 0 Å². The zero-order valence-electron chi connectivity index (χ0n) is 13.3. The highest BCUT2D eigenvalue weighted by Crippen LogP contribution is 2.28. The molecule has 0 atom stereocenters. The highest BCUT2D eigenvalue weighted by Gasteiger charge is 2.25. The van der Waals surface area contributed by atoms with Crippen molar-refractivity contribution in [2.45, 2.75) is 38.1 Å². The fourth-order valence-corrected chi connectivity index (χ4v) is 3.22. The summed E-state index contributed by atoms with van der Waals surface area (Å²) in [6, 6.07) is 5.90. The Labute approximate surface area is 140 Å². The van der Waals surface area contributed by atoms with Crippen molar-refractivity contribution in [1.82, 2.24) is 4.90 Å². The Balaban J connectivity index is 2.14. The predicted molar refractivity (Wildman–Crippen MR) is 90.5 cm³/mol. The molecule has 0 unspecified atom stereocenters. The molecular weight excluding hydrogens is 346 g/mol. The van der Waals surface area contributed by atoms with Gasteiger partial charge in [-0.2, -0.15) is 0 Å². The molecule has 2 rings (SSSR count). The zero-order valence-corrected chi connectivity index (χ0v) is 14.9. The van der Waals surface area contributed by atoms with Gasteiger partial charge in [-0.15, -0.1) is 0 Å². The van der Waals surface area contributed by atoms with Crippen molar-refractivity contribution in [2.24, 2.45) is 0 Å². The molecule has 1 aromatic rings. The maximum Gasteiger partial charge on any atom is 0.257 e. The largest absolute Gasteiger partial charge is 0.490 e. The van der Waals surface area contributed by atoms with Crippen LogP contribution in [0.1, 0.15) is 42.5 Å². The Morgan fingerprint density at radius 2 is 2.00 bits per heavy atom. The van der Waals surface area contributed by atoms with E-state index in [9.17, 15) is 4.79 Å². The third-order valence-corrected chi connectivity index (χ3v) is 4.65. The molecule has 0 spiro atoms. The second kappa shape index (κ2) is 8.53. The minimum absolute atomic E-state index is 0.0283. The first-order valence-electron chi connectivity index (χ1n) is 7.82. The van der Waals surface area contributed by atoms with Crippen molar-refractivity contribution >= 4 is 21.8 Å². The number of carbonyl (C=O) groups is 1. The minimum Gasteiger partial charge on any atom is -0.490 e. The summed E-state index contributed by atoms with van der Waals surface area (Å²) < 4.78 is 11.6. The molecule has 0 aliphatic heterocycles. The van der Waals surface area contributed by atoms with Crippen LogP contribution in [0.5, 0.6) is 5.75 Å².